The van der Waals surface area contributed by atoms with Crippen molar-refractivity contribution in [2.24, 2.45) is 11.7 Å². The number of carbonyl (C=O) groups excluding carboxylic acids is 1. The van der Waals surface area contributed by atoms with Crippen LogP contribution in [0.1, 0.15) is 26.2 Å². The first-order valence-corrected chi connectivity index (χ1v) is 7.50. The number of nitrogens with zero attached hydrogens (tertiary/aromatic N) is 1. The van der Waals surface area contributed by atoms with Crippen LogP contribution in [0.3, 0.4) is 0 Å². The number of para-hydroxylation sites is 1. The van der Waals surface area contributed by atoms with Gasteiger partial charge >= 0.3 is 0 Å². The van der Waals surface area contributed by atoms with Gasteiger partial charge in [0, 0.05) is 19.1 Å². The Morgan fingerprint density at radius 1 is 1.48 bits per heavy atom. The summed E-state index contributed by atoms with van der Waals surface area (Å²) in [5.74, 6) is 0.248. The molecule has 0 bridgehead atoms. The number of halogens is 1. The molecule has 1 fully saturated rings. The number of carbonyl (C=O) groups is 1. The number of piperidine rings is 1. The third-order valence-electron chi connectivity index (χ3n) is 4.09. The molecule has 1 aliphatic rings. The molecule has 1 aromatic carbocycles. The van der Waals surface area contributed by atoms with Gasteiger partial charge in [-0.05, 0) is 30.9 Å². The third kappa shape index (κ3) is 3.94. The highest BCUT2D eigenvalue weighted by molar-refractivity contribution is 5.76. The highest BCUT2D eigenvalue weighted by Gasteiger charge is 2.30. The average Bonchev–Trinajstić information content (AvgIpc) is 2.48. The van der Waals surface area contributed by atoms with Gasteiger partial charge in [0.15, 0.2) is 11.6 Å². The van der Waals surface area contributed by atoms with Gasteiger partial charge in [-0.25, -0.2) is 4.39 Å². The van der Waals surface area contributed by atoms with Crippen LogP contribution < -0.4 is 10.5 Å². The minimum Gasteiger partial charge on any atom is -0.490 e. The summed E-state index contributed by atoms with van der Waals surface area (Å²) in [6, 6.07) is 6.32. The number of amides is 1. The molecule has 1 heterocycles. The van der Waals surface area contributed by atoms with Crippen LogP contribution in [0, 0.1) is 11.7 Å². The second kappa shape index (κ2) is 7.41. The van der Waals surface area contributed by atoms with Crippen molar-refractivity contribution in [2.75, 3.05) is 19.7 Å². The topological polar surface area (TPSA) is 55.6 Å². The smallest absolute Gasteiger partial charge is 0.226 e. The molecule has 116 valence electrons. The molecule has 0 aromatic heterocycles. The van der Waals surface area contributed by atoms with Gasteiger partial charge in [-0.15, -0.1) is 0 Å². The molecule has 5 heteroatoms. The van der Waals surface area contributed by atoms with E-state index in [9.17, 15) is 9.18 Å². The quantitative estimate of drug-likeness (QED) is 0.905. The number of rotatable bonds is 5. The summed E-state index contributed by atoms with van der Waals surface area (Å²) in [6.45, 7) is 3.56. The average molecular weight is 294 g/mol. The molecule has 4 nitrogen and oxygen atoms in total. The van der Waals surface area contributed by atoms with Gasteiger partial charge in [0.2, 0.25) is 5.91 Å². The van der Waals surface area contributed by atoms with Crippen molar-refractivity contribution >= 4 is 5.91 Å². The molecule has 0 spiro atoms. The first-order valence-electron chi connectivity index (χ1n) is 7.50. The van der Waals surface area contributed by atoms with Crippen LogP contribution in [-0.4, -0.2) is 36.5 Å². The molecule has 1 saturated heterocycles. The molecule has 2 unspecified atom stereocenters. The number of ether oxygens (including phenoxy) is 1. The van der Waals surface area contributed by atoms with E-state index < -0.39 is 5.82 Å². The molecule has 1 aliphatic heterocycles. The van der Waals surface area contributed by atoms with Gasteiger partial charge in [-0.2, -0.15) is 0 Å². The maximum absolute atomic E-state index is 13.4. The molecular formula is C16H23FN2O2. The Morgan fingerprint density at radius 2 is 2.24 bits per heavy atom. The lowest BCUT2D eigenvalue weighted by molar-refractivity contribution is -0.136. The summed E-state index contributed by atoms with van der Waals surface area (Å²) in [4.78, 5) is 14.1. The first kappa shape index (κ1) is 15.8. The Hall–Kier alpha value is -1.62. The van der Waals surface area contributed by atoms with E-state index in [1.807, 2.05) is 4.90 Å². The summed E-state index contributed by atoms with van der Waals surface area (Å²) in [7, 11) is 0. The zero-order valence-electron chi connectivity index (χ0n) is 12.4. The predicted molar refractivity (Wildman–Crippen MR) is 79.5 cm³/mol. The zero-order chi connectivity index (χ0) is 15.2. The number of hydrogen-bond acceptors (Lipinski definition) is 3. The molecule has 2 atom stereocenters. The van der Waals surface area contributed by atoms with E-state index in [-0.39, 0.29) is 30.7 Å². The second-order valence-electron chi connectivity index (χ2n) is 5.54. The first-order chi connectivity index (χ1) is 10.1. The van der Waals surface area contributed by atoms with Crippen molar-refractivity contribution in [2.45, 2.75) is 32.2 Å². The Balaban J connectivity index is 1.85. The SMILES string of the molecule is CC1CCCN(C(=O)CCOc2ccccc2F)C1CN. The van der Waals surface area contributed by atoms with E-state index in [0.29, 0.717) is 12.5 Å². The lowest BCUT2D eigenvalue weighted by Gasteiger charge is -2.39. The molecule has 21 heavy (non-hydrogen) atoms. The largest absolute Gasteiger partial charge is 0.490 e. The monoisotopic (exact) mass is 294 g/mol. The minimum atomic E-state index is -0.406. The van der Waals surface area contributed by atoms with Crippen LogP contribution in [0.25, 0.3) is 0 Å². The molecule has 1 amide bonds. The van der Waals surface area contributed by atoms with E-state index >= 15 is 0 Å². The number of hydrogen-bond donors (Lipinski definition) is 1. The van der Waals surface area contributed by atoms with Gasteiger partial charge in [0.05, 0.1) is 13.0 Å². The van der Waals surface area contributed by atoms with Crippen LogP contribution in [0.4, 0.5) is 4.39 Å². The molecule has 2 rings (SSSR count). The van der Waals surface area contributed by atoms with Crippen molar-refractivity contribution in [3.8, 4) is 5.75 Å². The summed E-state index contributed by atoms with van der Waals surface area (Å²) >= 11 is 0. The molecule has 0 aliphatic carbocycles. The van der Waals surface area contributed by atoms with E-state index in [4.69, 9.17) is 10.5 Å². The molecule has 0 radical (unpaired) electrons. The van der Waals surface area contributed by atoms with Crippen molar-refractivity contribution < 1.29 is 13.9 Å². The van der Waals surface area contributed by atoms with Crippen LogP contribution in [0.15, 0.2) is 24.3 Å². The molecule has 0 saturated carbocycles. The van der Waals surface area contributed by atoms with Crippen molar-refractivity contribution in [3.05, 3.63) is 30.1 Å². The standard InChI is InChI=1S/C16H23FN2O2/c1-12-5-4-9-19(14(12)11-18)16(20)8-10-21-15-7-3-2-6-13(15)17/h2-3,6-7,12,14H,4-5,8-11,18H2,1H3. The van der Waals surface area contributed by atoms with Crippen LogP contribution >= 0.6 is 0 Å². The van der Waals surface area contributed by atoms with Crippen molar-refractivity contribution in [1.82, 2.24) is 4.90 Å². The number of likely N-dealkylation sites (tertiary alicyclic amines) is 1. The van der Waals surface area contributed by atoms with Gasteiger partial charge in [0.1, 0.15) is 0 Å². The van der Waals surface area contributed by atoms with Crippen molar-refractivity contribution in [1.29, 1.82) is 0 Å². The van der Waals surface area contributed by atoms with Gasteiger partial charge in [0.25, 0.3) is 0 Å². The third-order valence-corrected chi connectivity index (χ3v) is 4.09. The Kier molecular flexibility index (Phi) is 5.56. The molecule has 1 aromatic rings. The lowest BCUT2D eigenvalue weighted by Crippen LogP contribution is -2.51. The maximum atomic E-state index is 13.4. The van der Waals surface area contributed by atoms with Crippen LogP contribution in [-0.2, 0) is 4.79 Å². The Morgan fingerprint density at radius 3 is 2.95 bits per heavy atom. The molecular weight excluding hydrogens is 271 g/mol. The second-order valence-corrected chi connectivity index (χ2v) is 5.54. The fourth-order valence-corrected chi connectivity index (χ4v) is 2.87. The summed E-state index contributed by atoms with van der Waals surface area (Å²) < 4.78 is 18.7. The van der Waals surface area contributed by atoms with Crippen LogP contribution in [0.5, 0.6) is 5.75 Å². The van der Waals surface area contributed by atoms with E-state index in [1.165, 1.54) is 6.07 Å². The highest BCUT2D eigenvalue weighted by atomic mass is 19.1. The molecule has 2 N–H and O–H groups in total. The normalized spacial score (nSPS) is 22.1. The van der Waals surface area contributed by atoms with E-state index in [1.54, 1.807) is 18.2 Å². The number of nitrogens with two attached hydrogens (primary N) is 1. The minimum absolute atomic E-state index is 0.0355. The van der Waals surface area contributed by atoms with Gasteiger partial charge < -0.3 is 15.4 Å². The van der Waals surface area contributed by atoms with Crippen molar-refractivity contribution in [3.63, 3.8) is 0 Å². The lowest BCUT2D eigenvalue weighted by atomic mass is 9.90. The highest BCUT2D eigenvalue weighted by Crippen LogP contribution is 2.23. The fraction of sp³-hybridized carbons (Fsp3) is 0.562. The zero-order valence-corrected chi connectivity index (χ0v) is 12.4. The Labute approximate surface area is 125 Å². The van der Waals surface area contributed by atoms with Gasteiger partial charge in [-0.3, -0.25) is 4.79 Å². The van der Waals surface area contributed by atoms with E-state index in [0.717, 1.165) is 19.4 Å². The summed E-state index contributed by atoms with van der Waals surface area (Å²) in [6.07, 6.45) is 2.37. The summed E-state index contributed by atoms with van der Waals surface area (Å²) in [5, 5.41) is 0. The summed E-state index contributed by atoms with van der Waals surface area (Å²) in [5.41, 5.74) is 5.79. The van der Waals surface area contributed by atoms with E-state index in [2.05, 4.69) is 6.92 Å². The maximum Gasteiger partial charge on any atom is 0.226 e. The fourth-order valence-electron chi connectivity index (χ4n) is 2.87. The Bertz CT molecular complexity index is 481. The number of benzene rings is 1. The van der Waals surface area contributed by atoms with Crippen LogP contribution in [0.2, 0.25) is 0 Å². The predicted octanol–water partition coefficient (Wildman–Crippen LogP) is 2.18. The van der Waals surface area contributed by atoms with Gasteiger partial charge in [-0.1, -0.05) is 19.1 Å².